The number of halogens is 2. The molecule has 0 aliphatic carbocycles. The molecule has 2 amide bonds. The number of nitrogens with zero attached hydrogens (tertiary/aromatic N) is 1. The fourth-order valence-corrected chi connectivity index (χ4v) is 2.41. The van der Waals surface area contributed by atoms with Crippen LogP contribution >= 0.6 is 23.2 Å². The summed E-state index contributed by atoms with van der Waals surface area (Å²) in [7, 11) is 0. The summed E-state index contributed by atoms with van der Waals surface area (Å²) in [6.07, 6.45) is 2.16. The van der Waals surface area contributed by atoms with Gasteiger partial charge in [-0.25, -0.2) is 5.43 Å². The first kappa shape index (κ1) is 21.7. The fraction of sp³-hybridized carbons (Fsp3) is 0.250. The Hall–Kier alpha value is -2.57. The molecule has 0 aliphatic rings. The van der Waals surface area contributed by atoms with E-state index in [1.54, 1.807) is 36.4 Å². The Labute approximate surface area is 173 Å². The summed E-state index contributed by atoms with van der Waals surface area (Å²) >= 11 is 11.9. The smallest absolute Gasteiger partial charge is 0.329 e. The van der Waals surface area contributed by atoms with E-state index in [1.165, 1.54) is 6.21 Å². The van der Waals surface area contributed by atoms with E-state index in [9.17, 15) is 9.59 Å². The van der Waals surface area contributed by atoms with Gasteiger partial charge in [0.25, 0.3) is 0 Å². The molecule has 2 N–H and O–H groups in total. The van der Waals surface area contributed by atoms with Gasteiger partial charge in [-0.05, 0) is 48.7 Å². The van der Waals surface area contributed by atoms with E-state index >= 15 is 0 Å². The number of amides is 2. The summed E-state index contributed by atoms with van der Waals surface area (Å²) in [4.78, 5) is 23.3. The Kier molecular flexibility index (Phi) is 8.29. The summed E-state index contributed by atoms with van der Waals surface area (Å²) in [6, 6.07) is 12.4. The van der Waals surface area contributed by atoms with Crippen LogP contribution in [0.3, 0.4) is 0 Å². The lowest BCUT2D eigenvalue weighted by Crippen LogP contribution is -2.41. The molecule has 0 fully saturated rings. The molecule has 2 aromatic rings. The Balaban J connectivity index is 1.89. The number of benzene rings is 2. The van der Waals surface area contributed by atoms with Crippen molar-refractivity contribution in [3.8, 4) is 5.75 Å². The van der Waals surface area contributed by atoms with Crippen LogP contribution in [0.15, 0.2) is 47.6 Å². The second-order valence-electron chi connectivity index (χ2n) is 6.09. The van der Waals surface area contributed by atoms with E-state index in [0.29, 0.717) is 28.0 Å². The average molecular weight is 422 g/mol. The molecule has 148 valence electrons. The molecule has 8 heteroatoms. The van der Waals surface area contributed by atoms with Gasteiger partial charge in [-0.15, -0.1) is 0 Å². The van der Waals surface area contributed by atoms with Gasteiger partial charge in [-0.2, -0.15) is 5.10 Å². The second kappa shape index (κ2) is 10.7. The SMILES string of the molecule is CC[C@@H](C)NC(=O)C(=O)N/N=C\c1cccc(OCc2ccc(Cl)c(Cl)c2)c1. The predicted octanol–water partition coefficient (Wildman–Crippen LogP) is 3.94. The maximum absolute atomic E-state index is 11.7. The van der Waals surface area contributed by atoms with Crippen molar-refractivity contribution >= 4 is 41.2 Å². The Morgan fingerprint density at radius 1 is 1.14 bits per heavy atom. The maximum Gasteiger partial charge on any atom is 0.329 e. The van der Waals surface area contributed by atoms with E-state index in [1.807, 2.05) is 19.9 Å². The lowest BCUT2D eigenvalue weighted by molar-refractivity contribution is -0.139. The van der Waals surface area contributed by atoms with Gasteiger partial charge in [0, 0.05) is 6.04 Å². The normalized spacial score (nSPS) is 11.9. The van der Waals surface area contributed by atoms with Crippen molar-refractivity contribution in [2.24, 2.45) is 5.10 Å². The molecule has 0 saturated heterocycles. The lowest BCUT2D eigenvalue weighted by Gasteiger charge is -2.09. The van der Waals surface area contributed by atoms with Crippen molar-refractivity contribution in [3.63, 3.8) is 0 Å². The molecule has 28 heavy (non-hydrogen) atoms. The summed E-state index contributed by atoms with van der Waals surface area (Å²) in [5, 5.41) is 7.33. The van der Waals surface area contributed by atoms with Gasteiger partial charge in [-0.3, -0.25) is 9.59 Å². The third-order valence-corrected chi connectivity index (χ3v) is 4.56. The van der Waals surface area contributed by atoms with Crippen LogP contribution in [-0.4, -0.2) is 24.1 Å². The van der Waals surface area contributed by atoms with Gasteiger partial charge in [0.05, 0.1) is 16.3 Å². The molecule has 0 saturated carbocycles. The van der Waals surface area contributed by atoms with E-state index in [-0.39, 0.29) is 6.04 Å². The van der Waals surface area contributed by atoms with Crippen molar-refractivity contribution in [1.82, 2.24) is 10.7 Å². The van der Waals surface area contributed by atoms with Crippen LogP contribution < -0.4 is 15.5 Å². The monoisotopic (exact) mass is 421 g/mol. The van der Waals surface area contributed by atoms with Gasteiger partial charge in [0.2, 0.25) is 0 Å². The Morgan fingerprint density at radius 2 is 1.93 bits per heavy atom. The molecule has 0 spiro atoms. The zero-order valence-corrected chi connectivity index (χ0v) is 17.1. The van der Waals surface area contributed by atoms with Crippen molar-refractivity contribution in [2.45, 2.75) is 32.9 Å². The van der Waals surface area contributed by atoms with Gasteiger partial charge in [0.1, 0.15) is 12.4 Å². The summed E-state index contributed by atoms with van der Waals surface area (Å²) in [6.45, 7) is 4.06. The summed E-state index contributed by atoms with van der Waals surface area (Å²) in [5.41, 5.74) is 3.79. The van der Waals surface area contributed by atoms with Crippen LogP contribution in [-0.2, 0) is 16.2 Å². The Morgan fingerprint density at radius 3 is 2.64 bits per heavy atom. The molecular formula is C20H21Cl2N3O3. The first-order valence-electron chi connectivity index (χ1n) is 8.69. The number of hydrazone groups is 1. The largest absolute Gasteiger partial charge is 0.489 e. The summed E-state index contributed by atoms with van der Waals surface area (Å²) < 4.78 is 5.73. The molecule has 0 unspecified atom stereocenters. The van der Waals surface area contributed by atoms with Crippen LogP contribution in [0, 0.1) is 0 Å². The molecule has 0 bridgehead atoms. The van der Waals surface area contributed by atoms with Crippen LogP contribution in [0.2, 0.25) is 10.0 Å². The quantitative estimate of drug-likeness (QED) is 0.403. The number of ether oxygens (including phenoxy) is 1. The minimum absolute atomic E-state index is 0.0772. The lowest BCUT2D eigenvalue weighted by atomic mass is 10.2. The standard InChI is InChI=1S/C20H21Cl2N3O3/c1-3-13(2)24-19(26)20(27)25-23-11-14-5-4-6-16(9-14)28-12-15-7-8-17(21)18(22)10-15/h4-11,13H,3,12H2,1-2H3,(H,24,26)(H,25,27)/b23-11-/t13-/m1/s1. The van der Waals surface area contributed by atoms with E-state index in [2.05, 4.69) is 15.8 Å². The van der Waals surface area contributed by atoms with E-state index in [4.69, 9.17) is 27.9 Å². The Bertz CT molecular complexity index is 872. The minimum Gasteiger partial charge on any atom is -0.489 e. The molecule has 2 rings (SSSR count). The number of hydrogen-bond acceptors (Lipinski definition) is 4. The molecule has 6 nitrogen and oxygen atoms in total. The number of hydrogen-bond donors (Lipinski definition) is 2. The minimum atomic E-state index is -0.816. The highest BCUT2D eigenvalue weighted by atomic mass is 35.5. The van der Waals surface area contributed by atoms with Crippen molar-refractivity contribution in [1.29, 1.82) is 0 Å². The third-order valence-electron chi connectivity index (χ3n) is 3.82. The molecule has 0 heterocycles. The van der Waals surface area contributed by atoms with E-state index < -0.39 is 11.8 Å². The zero-order chi connectivity index (χ0) is 20.5. The molecule has 0 radical (unpaired) electrons. The van der Waals surface area contributed by atoms with Crippen LogP contribution in [0.4, 0.5) is 0 Å². The van der Waals surface area contributed by atoms with E-state index in [0.717, 1.165) is 12.0 Å². The first-order chi connectivity index (χ1) is 13.4. The predicted molar refractivity (Wildman–Crippen MR) is 111 cm³/mol. The highest BCUT2D eigenvalue weighted by Gasteiger charge is 2.14. The van der Waals surface area contributed by atoms with Crippen LogP contribution in [0.1, 0.15) is 31.4 Å². The molecular weight excluding hydrogens is 401 g/mol. The highest BCUT2D eigenvalue weighted by molar-refractivity contribution is 6.42. The topological polar surface area (TPSA) is 79.8 Å². The number of rotatable bonds is 7. The molecule has 0 aliphatic heterocycles. The van der Waals surface area contributed by atoms with Crippen molar-refractivity contribution < 1.29 is 14.3 Å². The fourth-order valence-electron chi connectivity index (χ4n) is 2.09. The van der Waals surface area contributed by atoms with Gasteiger partial charge >= 0.3 is 11.8 Å². The number of carbonyl (C=O) groups excluding carboxylic acids is 2. The third kappa shape index (κ3) is 6.87. The van der Waals surface area contributed by atoms with Gasteiger partial charge in [-0.1, -0.05) is 48.3 Å². The zero-order valence-electron chi connectivity index (χ0n) is 15.5. The van der Waals surface area contributed by atoms with Crippen molar-refractivity contribution in [2.75, 3.05) is 0 Å². The molecule has 0 aromatic heterocycles. The first-order valence-corrected chi connectivity index (χ1v) is 9.45. The highest BCUT2D eigenvalue weighted by Crippen LogP contribution is 2.23. The summed E-state index contributed by atoms with van der Waals surface area (Å²) in [5.74, 6) is -0.912. The maximum atomic E-state index is 11.7. The molecule has 2 aromatic carbocycles. The average Bonchev–Trinajstić information content (AvgIpc) is 2.69. The van der Waals surface area contributed by atoms with Gasteiger partial charge in [0.15, 0.2) is 0 Å². The van der Waals surface area contributed by atoms with Crippen LogP contribution in [0.25, 0.3) is 0 Å². The number of carbonyl (C=O) groups is 2. The second-order valence-corrected chi connectivity index (χ2v) is 6.91. The van der Waals surface area contributed by atoms with Crippen LogP contribution in [0.5, 0.6) is 5.75 Å². The van der Waals surface area contributed by atoms with Crippen molar-refractivity contribution in [3.05, 3.63) is 63.6 Å². The molecule has 1 atom stereocenters. The van der Waals surface area contributed by atoms with Gasteiger partial charge < -0.3 is 10.1 Å². The number of nitrogens with one attached hydrogen (secondary N) is 2.